The Labute approximate surface area is 153 Å². The molecule has 7 heteroatoms. The van der Waals surface area contributed by atoms with Crippen molar-refractivity contribution in [2.45, 2.75) is 20.0 Å². The minimum Gasteiger partial charge on any atom is -0.489 e. The van der Waals surface area contributed by atoms with Gasteiger partial charge in [0.05, 0.1) is 12.8 Å². The molecule has 0 radical (unpaired) electrons. The van der Waals surface area contributed by atoms with Gasteiger partial charge in [0.15, 0.2) is 11.7 Å². The van der Waals surface area contributed by atoms with Crippen molar-refractivity contribution in [1.82, 2.24) is 16.0 Å². The molecule has 140 valence electrons. The number of benzene rings is 1. The molecule has 0 bridgehead atoms. The van der Waals surface area contributed by atoms with Gasteiger partial charge in [0, 0.05) is 20.1 Å². The Morgan fingerprint density at radius 2 is 2.00 bits per heavy atom. The second kappa shape index (κ2) is 10.1. The minimum absolute atomic E-state index is 0.0194. The average molecular weight is 358 g/mol. The Hall–Kier alpha value is -2.96. The average Bonchev–Trinajstić information content (AvgIpc) is 3.15. The van der Waals surface area contributed by atoms with E-state index < -0.39 is 0 Å². The largest absolute Gasteiger partial charge is 0.489 e. The number of nitrogens with one attached hydrogen (secondary N) is 3. The van der Waals surface area contributed by atoms with Gasteiger partial charge in [0.1, 0.15) is 11.9 Å². The summed E-state index contributed by atoms with van der Waals surface area (Å²) in [5.74, 6) is 1.56. The van der Waals surface area contributed by atoms with Gasteiger partial charge in [0.2, 0.25) is 0 Å². The number of hydrogen-bond acceptors (Lipinski definition) is 4. The maximum Gasteiger partial charge on any atom is 0.287 e. The minimum atomic E-state index is -0.236. The number of ether oxygens (including phenoxy) is 1. The first-order chi connectivity index (χ1) is 12.6. The predicted molar refractivity (Wildman–Crippen MR) is 102 cm³/mol. The molecule has 26 heavy (non-hydrogen) atoms. The summed E-state index contributed by atoms with van der Waals surface area (Å²) in [6, 6.07) is 11.3. The van der Waals surface area contributed by atoms with Crippen LogP contribution in [0.2, 0.25) is 0 Å². The molecule has 0 saturated heterocycles. The molecule has 0 aliphatic rings. The second-order valence-electron chi connectivity index (χ2n) is 5.86. The fraction of sp³-hybridized carbons (Fsp3) is 0.368. The number of furan rings is 1. The van der Waals surface area contributed by atoms with E-state index in [2.05, 4.69) is 20.9 Å². The second-order valence-corrected chi connectivity index (χ2v) is 5.86. The van der Waals surface area contributed by atoms with Crippen LogP contribution < -0.4 is 20.7 Å². The molecule has 7 nitrogen and oxygen atoms in total. The Morgan fingerprint density at radius 1 is 1.19 bits per heavy atom. The Kier molecular flexibility index (Phi) is 7.54. The maximum absolute atomic E-state index is 11.7. The topological polar surface area (TPSA) is 87.9 Å². The molecule has 0 fully saturated rings. The normalized spacial score (nSPS) is 12.3. The summed E-state index contributed by atoms with van der Waals surface area (Å²) in [6.07, 6.45) is 1.45. The zero-order valence-electron chi connectivity index (χ0n) is 15.4. The standard InChI is InChI=1S/C19H26N4O3/c1-14-6-4-7-16(12-14)26-15(2)13-23-19(20-3)22-10-9-21-18(24)17-8-5-11-25-17/h4-8,11-12,15H,9-10,13H2,1-3H3,(H,21,24)(H2,20,22,23). The molecule has 1 heterocycles. The van der Waals surface area contributed by atoms with E-state index in [0.29, 0.717) is 31.4 Å². The Balaban J connectivity index is 1.65. The number of carbonyl (C=O) groups is 1. The van der Waals surface area contributed by atoms with Crippen molar-refractivity contribution in [3.63, 3.8) is 0 Å². The van der Waals surface area contributed by atoms with Crippen molar-refractivity contribution in [2.75, 3.05) is 26.7 Å². The van der Waals surface area contributed by atoms with Gasteiger partial charge in [-0.25, -0.2) is 0 Å². The number of hydrogen-bond donors (Lipinski definition) is 3. The number of nitrogens with zero attached hydrogens (tertiary/aromatic N) is 1. The van der Waals surface area contributed by atoms with E-state index in [4.69, 9.17) is 9.15 Å². The van der Waals surface area contributed by atoms with Crippen LogP contribution >= 0.6 is 0 Å². The monoisotopic (exact) mass is 358 g/mol. The van der Waals surface area contributed by atoms with E-state index in [1.807, 2.05) is 38.1 Å². The lowest BCUT2D eigenvalue weighted by atomic mass is 10.2. The number of aryl methyl sites for hydroxylation is 1. The molecule has 2 rings (SSSR count). The molecule has 1 amide bonds. The fourth-order valence-electron chi connectivity index (χ4n) is 2.28. The third kappa shape index (κ3) is 6.51. The first kappa shape index (κ1) is 19.4. The molecule has 0 spiro atoms. The first-order valence-electron chi connectivity index (χ1n) is 8.58. The molecule has 0 aliphatic heterocycles. The number of carbonyl (C=O) groups excluding carboxylic acids is 1. The molecule has 1 unspecified atom stereocenters. The quantitative estimate of drug-likeness (QED) is 0.381. The van der Waals surface area contributed by atoms with Gasteiger partial charge in [-0.2, -0.15) is 0 Å². The van der Waals surface area contributed by atoms with Crippen molar-refractivity contribution >= 4 is 11.9 Å². The molecule has 0 aliphatic carbocycles. The van der Waals surface area contributed by atoms with Crippen LogP contribution in [0.25, 0.3) is 0 Å². The van der Waals surface area contributed by atoms with Crippen molar-refractivity contribution in [3.8, 4) is 5.75 Å². The van der Waals surface area contributed by atoms with Gasteiger partial charge in [0.25, 0.3) is 5.91 Å². The van der Waals surface area contributed by atoms with Crippen LogP contribution in [0.5, 0.6) is 5.75 Å². The molecular formula is C19H26N4O3. The molecular weight excluding hydrogens is 332 g/mol. The Bertz CT molecular complexity index is 713. The van der Waals surface area contributed by atoms with E-state index in [1.54, 1.807) is 19.2 Å². The molecule has 1 aromatic carbocycles. The lowest BCUT2D eigenvalue weighted by molar-refractivity contribution is 0.0926. The van der Waals surface area contributed by atoms with Crippen LogP contribution in [0.1, 0.15) is 23.0 Å². The van der Waals surface area contributed by atoms with Crippen LogP contribution in [0.3, 0.4) is 0 Å². The highest BCUT2D eigenvalue weighted by Gasteiger charge is 2.08. The van der Waals surface area contributed by atoms with E-state index in [1.165, 1.54) is 6.26 Å². The van der Waals surface area contributed by atoms with Gasteiger partial charge in [-0.15, -0.1) is 0 Å². The maximum atomic E-state index is 11.7. The SMILES string of the molecule is CN=C(NCCNC(=O)c1ccco1)NCC(C)Oc1cccc(C)c1. The summed E-state index contributed by atoms with van der Waals surface area (Å²) in [4.78, 5) is 15.9. The lowest BCUT2D eigenvalue weighted by Crippen LogP contribution is -2.44. The summed E-state index contributed by atoms with van der Waals surface area (Å²) in [6.45, 7) is 5.62. The van der Waals surface area contributed by atoms with Gasteiger partial charge in [-0.1, -0.05) is 12.1 Å². The van der Waals surface area contributed by atoms with Crippen molar-refractivity contribution in [3.05, 3.63) is 54.0 Å². The van der Waals surface area contributed by atoms with Gasteiger partial charge < -0.3 is 25.1 Å². The summed E-state index contributed by atoms with van der Waals surface area (Å²) in [7, 11) is 1.70. The number of rotatable bonds is 8. The Morgan fingerprint density at radius 3 is 2.69 bits per heavy atom. The highest BCUT2D eigenvalue weighted by atomic mass is 16.5. The smallest absolute Gasteiger partial charge is 0.287 e. The van der Waals surface area contributed by atoms with E-state index >= 15 is 0 Å². The highest BCUT2D eigenvalue weighted by Crippen LogP contribution is 2.13. The third-order valence-electron chi connectivity index (χ3n) is 3.56. The van der Waals surface area contributed by atoms with E-state index in [9.17, 15) is 4.79 Å². The fourth-order valence-corrected chi connectivity index (χ4v) is 2.28. The summed E-state index contributed by atoms with van der Waals surface area (Å²) in [5.41, 5.74) is 1.16. The predicted octanol–water partition coefficient (Wildman–Crippen LogP) is 1.95. The zero-order chi connectivity index (χ0) is 18.8. The molecule has 1 atom stereocenters. The summed E-state index contributed by atoms with van der Waals surface area (Å²) in [5, 5.41) is 9.10. The van der Waals surface area contributed by atoms with Crippen molar-refractivity contribution in [1.29, 1.82) is 0 Å². The van der Waals surface area contributed by atoms with Gasteiger partial charge in [-0.3, -0.25) is 9.79 Å². The molecule has 1 aromatic heterocycles. The van der Waals surface area contributed by atoms with Crippen LogP contribution in [0.4, 0.5) is 0 Å². The van der Waals surface area contributed by atoms with Crippen LogP contribution in [0, 0.1) is 6.92 Å². The summed E-state index contributed by atoms with van der Waals surface area (Å²) < 4.78 is 10.9. The van der Waals surface area contributed by atoms with Crippen LogP contribution in [-0.2, 0) is 0 Å². The van der Waals surface area contributed by atoms with E-state index in [-0.39, 0.29) is 12.0 Å². The number of guanidine groups is 1. The number of amides is 1. The molecule has 3 N–H and O–H groups in total. The summed E-state index contributed by atoms with van der Waals surface area (Å²) >= 11 is 0. The zero-order valence-corrected chi connectivity index (χ0v) is 15.4. The van der Waals surface area contributed by atoms with Crippen molar-refractivity contribution in [2.24, 2.45) is 4.99 Å². The molecule has 2 aromatic rings. The van der Waals surface area contributed by atoms with Gasteiger partial charge in [-0.05, 0) is 43.7 Å². The van der Waals surface area contributed by atoms with E-state index in [0.717, 1.165) is 11.3 Å². The van der Waals surface area contributed by atoms with Gasteiger partial charge >= 0.3 is 0 Å². The number of aliphatic imine (C=N–C) groups is 1. The molecule has 0 saturated carbocycles. The highest BCUT2D eigenvalue weighted by molar-refractivity contribution is 5.91. The van der Waals surface area contributed by atoms with Crippen molar-refractivity contribution < 1.29 is 13.9 Å². The third-order valence-corrected chi connectivity index (χ3v) is 3.56. The first-order valence-corrected chi connectivity index (χ1v) is 8.58. The lowest BCUT2D eigenvalue weighted by Gasteiger charge is -2.18. The van der Waals surface area contributed by atoms with Crippen LogP contribution in [-0.4, -0.2) is 44.7 Å². The van der Waals surface area contributed by atoms with Crippen LogP contribution in [0.15, 0.2) is 52.1 Å².